The summed E-state index contributed by atoms with van der Waals surface area (Å²) in [6.45, 7) is 4.93. The average molecular weight is 333 g/mol. The Labute approximate surface area is 130 Å². The van der Waals surface area contributed by atoms with Crippen molar-refractivity contribution >= 4 is 21.5 Å². The van der Waals surface area contributed by atoms with Crippen LogP contribution in [0.3, 0.4) is 0 Å². The van der Waals surface area contributed by atoms with Gasteiger partial charge in [-0.05, 0) is 32.1 Å². The van der Waals surface area contributed by atoms with Crippen LogP contribution < -0.4 is 4.72 Å². The van der Waals surface area contributed by atoms with E-state index in [1.54, 1.807) is 17.5 Å². The molecule has 120 valence electrons. The van der Waals surface area contributed by atoms with E-state index < -0.39 is 10.2 Å². The highest BCUT2D eigenvalue weighted by atomic mass is 32.2. The maximum Gasteiger partial charge on any atom is 0.280 e. The second-order valence-electron chi connectivity index (χ2n) is 5.39. The molecular formula is C13H23N3O3S2. The van der Waals surface area contributed by atoms with Crippen molar-refractivity contribution in [1.82, 2.24) is 14.0 Å². The minimum atomic E-state index is -3.49. The van der Waals surface area contributed by atoms with Crippen molar-refractivity contribution < 1.29 is 13.5 Å². The molecule has 2 heterocycles. The van der Waals surface area contributed by atoms with Gasteiger partial charge < -0.3 is 5.11 Å². The fourth-order valence-electron chi connectivity index (χ4n) is 2.37. The highest BCUT2D eigenvalue weighted by Crippen LogP contribution is 2.23. The maximum absolute atomic E-state index is 12.4. The van der Waals surface area contributed by atoms with E-state index in [9.17, 15) is 8.42 Å². The van der Waals surface area contributed by atoms with E-state index in [4.69, 9.17) is 5.11 Å². The number of thiazole rings is 1. The zero-order valence-electron chi connectivity index (χ0n) is 12.4. The number of hydrogen-bond donors (Lipinski definition) is 2. The Morgan fingerprint density at radius 1 is 1.52 bits per heavy atom. The second kappa shape index (κ2) is 7.15. The topological polar surface area (TPSA) is 82.5 Å². The third-order valence-corrected chi connectivity index (χ3v) is 6.81. The van der Waals surface area contributed by atoms with Crippen LogP contribution in [0.1, 0.15) is 42.6 Å². The molecule has 2 rings (SSSR count). The Bertz CT molecular complexity index is 551. The number of aryl methyl sites for hydroxylation is 1. The molecule has 1 unspecified atom stereocenters. The number of aromatic nitrogens is 1. The number of nitrogens with zero attached hydrogens (tertiary/aromatic N) is 2. The molecular weight excluding hydrogens is 310 g/mol. The fraction of sp³-hybridized carbons (Fsp3) is 0.769. The molecule has 0 radical (unpaired) electrons. The number of aliphatic hydroxyl groups excluding tert-OH is 1. The van der Waals surface area contributed by atoms with E-state index in [0.29, 0.717) is 25.9 Å². The summed E-state index contributed by atoms with van der Waals surface area (Å²) in [7, 11) is -3.49. The lowest BCUT2D eigenvalue weighted by molar-refractivity contribution is 0.169. The van der Waals surface area contributed by atoms with Crippen LogP contribution >= 0.6 is 11.3 Å². The normalized spacial score (nSPS) is 19.8. The van der Waals surface area contributed by atoms with E-state index in [1.165, 1.54) is 4.31 Å². The Balaban J connectivity index is 1.97. The highest BCUT2D eigenvalue weighted by Gasteiger charge is 2.29. The number of nitrogens with one attached hydrogen (secondary N) is 1. The van der Waals surface area contributed by atoms with Gasteiger partial charge in [0.25, 0.3) is 10.2 Å². The molecule has 1 aliphatic rings. The molecule has 1 aromatic rings. The van der Waals surface area contributed by atoms with Crippen LogP contribution in [0, 0.1) is 5.92 Å². The van der Waals surface area contributed by atoms with Crippen LogP contribution in [0.25, 0.3) is 0 Å². The van der Waals surface area contributed by atoms with Crippen LogP contribution in [-0.4, -0.2) is 42.5 Å². The summed E-state index contributed by atoms with van der Waals surface area (Å²) in [6, 6.07) is -0.323. The van der Waals surface area contributed by atoms with Crippen molar-refractivity contribution in [3.8, 4) is 0 Å². The standard InChI is InChI=1S/C13H23N3O3S2/c1-3-12-8-14-13(20-12)10(2)15-21(18,19)16-6-4-11(9-17)5-7-16/h8,10-11,15,17H,3-7,9H2,1-2H3. The molecule has 1 aliphatic heterocycles. The molecule has 0 aliphatic carbocycles. The van der Waals surface area contributed by atoms with E-state index >= 15 is 0 Å². The third kappa shape index (κ3) is 4.23. The van der Waals surface area contributed by atoms with Gasteiger partial charge in [-0.2, -0.15) is 17.4 Å². The van der Waals surface area contributed by atoms with Crippen LogP contribution in [0.5, 0.6) is 0 Å². The summed E-state index contributed by atoms with van der Waals surface area (Å²) >= 11 is 1.54. The van der Waals surface area contributed by atoms with Crippen molar-refractivity contribution in [2.75, 3.05) is 19.7 Å². The first kappa shape index (κ1) is 16.8. The maximum atomic E-state index is 12.4. The SMILES string of the molecule is CCc1cnc(C(C)NS(=O)(=O)N2CCC(CO)CC2)s1. The predicted octanol–water partition coefficient (Wildman–Crippen LogP) is 1.31. The van der Waals surface area contributed by atoms with E-state index in [0.717, 1.165) is 16.3 Å². The molecule has 0 bridgehead atoms. The monoisotopic (exact) mass is 333 g/mol. The molecule has 1 saturated heterocycles. The first-order valence-corrected chi connectivity index (χ1v) is 9.54. The van der Waals surface area contributed by atoms with Crippen LogP contribution in [-0.2, 0) is 16.6 Å². The lowest BCUT2D eigenvalue weighted by atomic mass is 10.00. The fourth-order valence-corrected chi connectivity index (χ4v) is 4.70. The minimum Gasteiger partial charge on any atom is -0.396 e. The van der Waals surface area contributed by atoms with Gasteiger partial charge in [-0.25, -0.2) is 4.98 Å². The summed E-state index contributed by atoms with van der Waals surface area (Å²) in [5.74, 6) is 0.222. The van der Waals surface area contributed by atoms with Gasteiger partial charge in [0.2, 0.25) is 0 Å². The lowest BCUT2D eigenvalue weighted by Gasteiger charge is -2.31. The van der Waals surface area contributed by atoms with E-state index in [1.807, 2.05) is 6.92 Å². The molecule has 21 heavy (non-hydrogen) atoms. The van der Waals surface area contributed by atoms with Crippen molar-refractivity contribution in [1.29, 1.82) is 0 Å². The Kier molecular flexibility index (Phi) is 5.73. The third-order valence-electron chi connectivity index (χ3n) is 3.79. The minimum absolute atomic E-state index is 0.136. The van der Waals surface area contributed by atoms with Gasteiger partial charge in [0.15, 0.2) is 0 Å². The largest absolute Gasteiger partial charge is 0.396 e. The van der Waals surface area contributed by atoms with Gasteiger partial charge in [-0.3, -0.25) is 0 Å². The highest BCUT2D eigenvalue weighted by molar-refractivity contribution is 7.87. The van der Waals surface area contributed by atoms with Crippen molar-refractivity contribution in [3.05, 3.63) is 16.1 Å². The molecule has 8 heteroatoms. The second-order valence-corrected chi connectivity index (χ2v) is 8.24. The van der Waals surface area contributed by atoms with Gasteiger partial charge >= 0.3 is 0 Å². The Morgan fingerprint density at radius 2 is 2.19 bits per heavy atom. The zero-order chi connectivity index (χ0) is 15.5. The summed E-state index contributed by atoms with van der Waals surface area (Å²) in [4.78, 5) is 5.43. The molecule has 1 aromatic heterocycles. The van der Waals surface area contributed by atoms with E-state index in [-0.39, 0.29) is 18.6 Å². The number of piperidine rings is 1. The van der Waals surface area contributed by atoms with Gasteiger partial charge in [-0.15, -0.1) is 11.3 Å². The first-order chi connectivity index (χ1) is 9.96. The molecule has 0 amide bonds. The van der Waals surface area contributed by atoms with Crippen molar-refractivity contribution in [2.45, 2.75) is 39.2 Å². The quantitative estimate of drug-likeness (QED) is 0.822. The van der Waals surface area contributed by atoms with E-state index in [2.05, 4.69) is 16.6 Å². The predicted molar refractivity (Wildman–Crippen MR) is 83.3 cm³/mol. The van der Waals surface area contributed by atoms with Crippen molar-refractivity contribution in [2.24, 2.45) is 5.92 Å². The van der Waals surface area contributed by atoms with Gasteiger partial charge in [0, 0.05) is 30.8 Å². The van der Waals surface area contributed by atoms with Crippen LogP contribution in [0.2, 0.25) is 0 Å². The summed E-state index contributed by atoms with van der Waals surface area (Å²) in [6.07, 6.45) is 4.13. The van der Waals surface area contributed by atoms with Crippen LogP contribution in [0.4, 0.5) is 0 Å². The summed E-state index contributed by atoms with van der Waals surface area (Å²) in [5, 5.41) is 9.90. The number of rotatable bonds is 6. The summed E-state index contributed by atoms with van der Waals surface area (Å²) in [5.41, 5.74) is 0. The molecule has 1 atom stereocenters. The van der Waals surface area contributed by atoms with Gasteiger partial charge in [0.1, 0.15) is 5.01 Å². The van der Waals surface area contributed by atoms with Gasteiger partial charge in [-0.1, -0.05) is 6.92 Å². The Morgan fingerprint density at radius 3 is 2.71 bits per heavy atom. The zero-order valence-corrected chi connectivity index (χ0v) is 14.1. The molecule has 6 nitrogen and oxygen atoms in total. The van der Waals surface area contributed by atoms with Crippen LogP contribution in [0.15, 0.2) is 6.20 Å². The molecule has 0 spiro atoms. The molecule has 0 saturated carbocycles. The molecule has 2 N–H and O–H groups in total. The Hall–Kier alpha value is -0.540. The average Bonchev–Trinajstić information content (AvgIpc) is 2.96. The lowest BCUT2D eigenvalue weighted by Crippen LogP contribution is -2.46. The smallest absolute Gasteiger partial charge is 0.280 e. The summed E-state index contributed by atoms with van der Waals surface area (Å²) < 4.78 is 28.9. The molecule has 0 aromatic carbocycles. The molecule has 1 fully saturated rings. The number of hydrogen-bond acceptors (Lipinski definition) is 5. The van der Waals surface area contributed by atoms with Gasteiger partial charge in [0.05, 0.1) is 6.04 Å². The first-order valence-electron chi connectivity index (χ1n) is 7.29. The number of aliphatic hydroxyl groups is 1. The van der Waals surface area contributed by atoms with Crippen molar-refractivity contribution in [3.63, 3.8) is 0 Å².